The van der Waals surface area contributed by atoms with E-state index in [0.717, 1.165) is 30.9 Å². The van der Waals surface area contributed by atoms with Gasteiger partial charge in [0.15, 0.2) is 5.96 Å². The minimum Gasteiger partial charge on any atom is -0.469 e. The number of hydrogen-bond donors (Lipinski definition) is 2. The third kappa shape index (κ3) is 6.43. The first kappa shape index (κ1) is 18.4. The first-order valence-electron chi connectivity index (χ1n) is 7.64. The van der Waals surface area contributed by atoms with E-state index in [1.807, 2.05) is 13.1 Å². The number of esters is 1. The fourth-order valence-corrected chi connectivity index (χ4v) is 2.62. The molecule has 1 atom stereocenters. The molecule has 1 aromatic heterocycles. The van der Waals surface area contributed by atoms with Gasteiger partial charge in [-0.3, -0.25) is 9.79 Å². The Hall–Kier alpha value is -1.63. The van der Waals surface area contributed by atoms with Crippen molar-refractivity contribution in [3.8, 4) is 0 Å². The summed E-state index contributed by atoms with van der Waals surface area (Å²) in [5.74, 6) is 0.228. The first-order valence-corrected chi connectivity index (χ1v) is 8.45. The lowest BCUT2D eigenvalue weighted by molar-refractivity contribution is -0.144. The van der Waals surface area contributed by atoms with Crippen molar-refractivity contribution in [1.29, 1.82) is 0 Å². The van der Waals surface area contributed by atoms with Crippen molar-refractivity contribution in [2.24, 2.45) is 10.9 Å². The van der Waals surface area contributed by atoms with Gasteiger partial charge in [-0.25, -0.2) is 4.98 Å². The molecule has 0 bridgehead atoms. The molecule has 124 valence electrons. The number of aromatic nitrogens is 1. The van der Waals surface area contributed by atoms with Crippen molar-refractivity contribution in [1.82, 2.24) is 15.6 Å². The molecular formula is C15H26N4O2S. The van der Waals surface area contributed by atoms with Gasteiger partial charge >= 0.3 is 5.97 Å². The number of hydrogen-bond acceptors (Lipinski definition) is 5. The van der Waals surface area contributed by atoms with Gasteiger partial charge in [-0.2, -0.15) is 0 Å². The van der Waals surface area contributed by atoms with Gasteiger partial charge in [-0.1, -0.05) is 13.8 Å². The molecule has 1 heterocycles. The maximum atomic E-state index is 11.4. The third-order valence-electron chi connectivity index (χ3n) is 3.05. The lowest BCUT2D eigenvalue weighted by Gasteiger charge is -2.12. The number of carbonyl (C=O) groups is 1. The minimum absolute atomic E-state index is 0.241. The van der Waals surface area contributed by atoms with Crippen LogP contribution in [-0.2, 0) is 22.4 Å². The molecule has 0 aliphatic carbocycles. The maximum Gasteiger partial charge on any atom is 0.310 e. The molecule has 6 nitrogen and oxygen atoms in total. The molecule has 1 unspecified atom stereocenters. The average molecular weight is 326 g/mol. The highest BCUT2D eigenvalue weighted by molar-refractivity contribution is 7.11. The summed E-state index contributed by atoms with van der Waals surface area (Å²) in [6.45, 7) is 7.88. The van der Waals surface area contributed by atoms with E-state index in [9.17, 15) is 4.79 Å². The highest BCUT2D eigenvalue weighted by atomic mass is 32.1. The summed E-state index contributed by atoms with van der Waals surface area (Å²) in [4.78, 5) is 21.5. The van der Waals surface area contributed by atoms with Crippen molar-refractivity contribution in [3.05, 3.63) is 16.1 Å². The molecule has 0 aliphatic rings. The molecule has 0 aliphatic heterocycles. The van der Waals surface area contributed by atoms with Crippen molar-refractivity contribution < 1.29 is 9.53 Å². The van der Waals surface area contributed by atoms with E-state index in [4.69, 9.17) is 4.74 Å². The van der Waals surface area contributed by atoms with Gasteiger partial charge < -0.3 is 15.4 Å². The Morgan fingerprint density at radius 3 is 2.82 bits per heavy atom. The van der Waals surface area contributed by atoms with Crippen LogP contribution in [0.25, 0.3) is 0 Å². The highest BCUT2D eigenvalue weighted by Gasteiger charge is 2.12. The van der Waals surface area contributed by atoms with Crippen LogP contribution >= 0.6 is 11.3 Å². The van der Waals surface area contributed by atoms with Crippen LogP contribution in [0.4, 0.5) is 0 Å². The van der Waals surface area contributed by atoms with E-state index >= 15 is 0 Å². The number of nitrogens with zero attached hydrogens (tertiary/aromatic N) is 2. The van der Waals surface area contributed by atoms with Crippen LogP contribution < -0.4 is 10.6 Å². The van der Waals surface area contributed by atoms with Crippen molar-refractivity contribution in [2.45, 2.75) is 33.6 Å². The van der Waals surface area contributed by atoms with Crippen LogP contribution in [0.15, 0.2) is 11.2 Å². The van der Waals surface area contributed by atoms with Gasteiger partial charge in [0.1, 0.15) is 0 Å². The average Bonchev–Trinajstić information content (AvgIpc) is 2.99. The Morgan fingerprint density at radius 2 is 2.23 bits per heavy atom. The Labute approximate surface area is 136 Å². The smallest absolute Gasteiger partial charge is 0.310 e. The Bertz CT molecular complexity index is 488. The van der Waals surface area contributed by atoms with Crippen LogP contribution in [-0.4, -0.2) is 43.7 Å². The predicted molar refractivity (Wildman–Crippen MR) is 90.4 cm³/mol. The number of aliphatic imine (C=N–C) groups is 1. The van der Waals surface area contributed by atoms with E-state index < -0.39 is 0 Å². The molecule has 1 rings (SSSR count). The number of guanidine groups is 1. The van der Waals surface area contributed by atoms with Gasteiger partial charge in [0.2, 0.25) is 0 Å². The second-order valence-electron chi connectivity index (χ2n) is 4.89. The number of nitrogens with one attached hydrogen (secondary N) is 2. The Morgan fingerprint density at radius 1 is 1.45 bits per heavy atom. The summed E-state index contributed by atoms with van der Waals surface area (Å²) in [5.41, 5.74) is 0. The molecule has 0 aromatic carbocycles. The molecule has 0 saturated heterocycles. The topological polar surface area (TPSA) is 75.6 Å². The largest absolute Gasteiger partial charge is 0.469 e. The van der Waals surface area contributed by atoms with Crippen LogP contribution in [0.2, 0.25) is 0 Å². The number of aryl methyl sites for hydroxylation is 1. The predicted octanol–water partition coefficient (Wildman–Crippen LogP) is 1.61. The van der Waals surface area contributed by atoms with E-state index in [2.05, 4.69) is 27.5 Å². The standard InChI is InChI=1S/C15H26N4O2S/c1-5-12-10-18-13(22-12)7-8-17-15(16-6-2)19-9-11(3)14(20)21-4/h10-11H,5-9H2,1-4H3,(H2,16,17,19). The van der Waals surface area contributed by atoms with Gasteiger partial charge in [0.05, 0.1) is 24.6 Å². The van der Waals surface area contributed by atoms with E-state index in [0.29, 0.717) is 12.5 Å². The van der Waals surface area contributed by atoms with Crippen molar-refractivity contribution in [3.63, 3.8) is 0 Å². The highest BCUT2D eigenvalue weighted by Crippen LogP contribution is 2.13. The number of carbonyl (C=O) groups excluding carboxylic acids is 1. The molecular weight excluding hydrogens is 300 g/mol. The zero-order valence-corrected chi connectivity index (χ0v) is 14.6. The SMILES string of the molecule is CCNC(=NCC(C)C(=O)OC)NCCc1ncc(CC)s1. The third-order valence-corrected chi connectivity index (χ3v) is 4.25. The first-order chi connectivity index (χ1) is 10.6. The molecule has 1 aromatic rings. The summed E-state index contributed by atoms with van der Waals surface area (Å²) in [5, 5.41) is 7.56. The molecule has 2 N–H and O–H groups in total. The van der Waals surface area contributed by atoms with Gasteiger partial charge in [0.25, 0.3) is 0 Å². The lowest BCUT2D eigenvalue weighted by Crippen LogP contribution is -2.38. The fourth-order valence-electron chi connectivity index (χ4n) is 1.76. The maximum absolute atomic E-state index is 11.4. The fraction of sp³-hybridized carbons (Fsp3) is 0.667. The van der Waals surface area contributed by atoms with Crippen LogP contribution in [0.5, 0.6) is 0 Å². The molecule has 0 amide bonds. The normalized spacial score (nSPS) is 12.8. The molecule has 0 spiro atoms. The quantitative estimate of drug-likeness (QED) is 0.431. The number of methoxy groups -OCH3 is 1. The lowest BCUT2D eigenvalue weighted by atomic mass is 10.2. The van der Waals surface area contributed by atoms with Gasteiger partial charge in [0, 0.05) is 30.6 Å². The van der Waals surface area contributed by atoms with E-state index in [1.165, 1.54) is 12.0 Å². The summed E-state index contributed by atoms with van der Waals surface area (Å²) >= 11 is 1.75. The number of rotatable bonds is 8. The number of thiazole rings is 1. The summed E-state index contributed by atoms with van der Waals surface area (Å²) in [7, 11) is 1.39. The summed E-state index contributed by atoms with van der Waals surface area (Å²) in [6.07, 6.45) is 3.83. The molecule has 7 heteroatoms. The minimum atomic E-state index is -0.244. The molecule has 0 fully saturated rings. The van der Waals surface area contributed by atoms with E-state index in [-0.39, 0.29) is 11.9 Å². The zero-order valence-electron chi connectivity index (χ0n) is 13.8. The summed E-state index contributed by atoms with van der Waals surface area (Å²) in [6, 6.07) is 0. The van der Waals surface area contributed by atoms with E-state index in [1.54, 1.807) is 18.3 Å². The molecule has 0 saturated carbocycles. The molecule has 22 heavy (non-hydrogen) atoms. The van der Waals surface area contributed by atoms with Crippen LogP contribution in [0.3, 0.4) is 0 Å². The monoisotopic (exact) mass is 326 g/mol. The van der Waals surface area contributed by atoms with Gasteiger partial charge in [-0.15, -0.1) is 11.3 Å². The second kappa shape index (κ2) is 10.2. The Kier molecular flexibility index (Phi) is 8.50. The van der Waals surface area contributed by atoms with Gasteiger partial charge in [-0.05, 0) is 13.3 Å². The zero-order chi connectivity index (χ0) is 16.4. The van der Waals surface area contributed by atoms with Crippen LogP contribution in [0.1, 0.15) is 30.7 Å². The number of ether oxygens (including phenoxy) is 1. The Balaban J connectivity index is 2.44. The summed E-state index contributed by atoms with van der Waals surface area (Å²) < 4.78 is 4.70. The van der Waals surface area contributed by atoms with Crippen molar-refractivity contribution >= 4 is 23.3 Å². The van der Waals surface area contributed by atoms with Crippen LogP contribution in [0, 0.1) is 5.92 Å². The van der Waals surface area contributed by atoms with Crippen molar-refractivity contribution in [2.75, 3.05) is 26.7 Å². The second-order valence-corrected chi connectivity index (χ2v) is 6.09. The molecule has 0 radical (unpaired) electrons.